The molecule has 3 heteroatoms. The molecular formula is C15H22N2O. The van der Waals surface area contributed by atoms with Crippen LogP contribution in [-0.2, 0) is 0 Å². The van der Waals surface area contributed by atoms with Gasteiger partial charge in [0, 0.05) is 18.3 Å². The minimum absolute atomic E-state index is 0.0483. The Labute approximate surface area is 109 Å². The fraction of sp³-hybridized carbons (Fsp3) is 0.533. The second kappa shape index (κ2) is 5.89. The Hall–Kier alpha value is -1.51. The van der Waals surface area contributed by atoms with E-state index in [0.29, 0.717) is 6.04 Å². The minimum atomic E-state index is 0.0483. The van der Waals surface area contributed by atoms with E-state index < -0.39 is 0 Å². The third-order valence-corrected chi connectivity index (χ3v) is 3.63. The Kier molecular flexibility index (Phi) is 4.24. The minimum Gasteiger partial charge on any atom is -0.322 e. The van der Waals surface area contributed by atoms with E-state index in [2.05, 4.69) is 12.2 Å². The fourth-order valence-corrected chi connectivity index (χ4v) is 2.61. The fourth-order valence-electron chi connectivity index (χ4n) is 2.61. The van der Waals surface area contributed by atoms with Gasteiger partial charge in [-0.15, -0.1) is 0 Å². The normalized spacial score (nSPS) is 19.7. The molecule has 0 bridgehead atoms. The van der Waals surface area contributed by atoms with Crippen molar-refractivity contribution in [1.29, 1.82) is 0 Å². The van der Waals surface area contributed by atoms with E-state index in [-0.39, 0.29) is 6.03 Å². The number of nitrogens with zero attached hydrogens (tertiary/aromatic N) is 1. The highest BCUT2D eigenvalue weighted by Crippen LogP contribution is 2.20. The van der Waals surface area contributed by atoms with Gasteiger partial charge in [0.25, 0.3) is 0 Å². The van der Waals surface area contributed by atoms with Gasteiger partial charge >= 0.3 is 6.03 Å². The Morgan fingerprint density at radius 2 is 2.28 bits per heavy atom. The number of carbonyl (C=O) groups is 1. The van der Waals surface area contributed by atoms with Crippen LogP contribution in [0.3, 0.4) is 0 Å². The topological polar surface area (TPSA) is 32.3 Å². The summed E-state index contributed by atoms with van der Waals surface area (Å²) in [5, 5.41) is 3.00. The first kappa shape index (κ1) is 12.9. The molecule has 1 saturated heterocycles. The van der Waals surface area contributed by atoms with Gasteiger partial charge in [-0.05, 0) is 50.3 Å². The van der Waals surface area contributed by atoms with Gasteiger partial charge in [0.2, 0.25) is 0 Å². The van der Waals surface area contributed by atoms with Gasteiger partial charge in [0.05, 0.1) is 0 Å². The molecule has 2 amide bonds. The van der Waals surface area contributed by atoms with Crippen LogP contribution in [0.15, 0.2) is 24.3 Å². The summed E-state index contributed by atoms with van der Waals surface area (Å²) in [6.45, 7) is 5.07. The molecule has 1 atom stereocenters. The number of carbonyl (C=O) groups excluding carboxylic acids is 1. The maximum Gasteiger partial charge on any atom is 0.322 e. The van der Waals surface area contributed by atoms with Crippen molar-refractivity contribution in [2.75, 3.05) is 11.9 Å². The number of urea groups is 1. The summed E-state index contributed by atoms with van der Waals surface area (Å²) in [4.78, 5) is 14.3. The van der Waals surface area contributed by atoms with Crippen molar-refractivity contribution in [3.63, 3.8) is 0 Å². The highest BCUT2D eigenvalue weighted by Gasteiger charge is 2.25. The van der Waals surface area contributed by atoms with Gasteiger partial charge in [-0.2, -0.15) is 0 Å². The van der Waals surface area contributed by atoms with Gasteiger partial charge in [-0.1, -0.05) is 19.1 Å². The molecule has 1 fully saturated rings. The Morgan fingerprint density at radius 3 is 3.00 bits per heavy atom. The standard InChI is InChI=1S/C15H22N2O/c1-3-14-9-4-5-10-17(14)15(18)16-13-8-6-7-12(2)11-13/h6-8,11,14H,3-5,9-10H2,1-2H3,(H,16,18)/t14-/m1/s1. The molecule has 18 heavy (non-hydrogen) atoms. The molecule has 1 N–H and O–H groups in total. The molecule has 3 nitrogen and oxygen atoms in total. The number of benzene rings is 1. The number of piperidine rings is 1. The summed E-state index contributed by atoms with van der Waals surface area (Å²) >= 11 is 0. The van der Waals surface area contributed by atoms with Crippen molar-refractivity contribution in [3.8, 4) is 0 Å². The van der Waals surface area contributed by atoms with E-state index in [1.54, 1.807) is 0 Å². The zero-order valence-corrected chi connectivity index (χ0v) is 11.3. The molecule has 0 unspecified atom stereocenters. The van der Waals surface area contributed by atoms with E-state index in [1.165, 1.54) is 12.0 Å². The zero-order chi connectivity index (χ0) is 13.0. The van der Waals surface area contributed by atoms with E-state index in [4.69, 9.17) is 0 Å². The predicted molar refractivity (Wildman–Crippen MR) is 74.8 cm³/mol. The first-order chi connectivity index (χ1) is 8.70. The SMILES string of the molecule is CC[C@@H]1CCCCN1C(=O)Nc1cccc(C)c1. The van der Waals surface area contributed by atoms with Gasteiger partial charge in [0.15, 0.2) is 0 Å². The number of hydrogen-bond acceptors (Lipinski definition) is 1. The number of rotatable bonds is 2. The monoisotopic (exact) mass is 246 g/mol. The van der Waals surface area contributed by atoms with E-state index >= 15 is 0 Å². The van der Waals surface area contributed by atoms with Crippen molar-refractivity contribution >= 4 is 11.7 Å². The first-order valence-electron chi connectivity index (χ1n) is 6.85. The first-order valence-corrected chi connectivity index (χ1v) is 6.85. The molecule has 0 aliphatic carbocycles. The van der Waals surface area contributed by atoms with Gasteiger partial charge < -0.3 is 10.2 Å². The number of nitrogens with one attached hydrogen (secondary N) is 1. The predicted octanol–water partition coefficient (Wildman–Crippen LogP) is 3.79. The maximum atomic E-state index is 12.3. The van der Waals surface area contributed by atoms with Crippen LogP contribution in [0, 0.1) is 6.92 Å². The summed E-state index contributed by atoms with van der Waals surface area (Å²) in [5.41, 5.74) is 2.05. The summed E-state index contributed by atoms with van der Waals surface area (Å²) in [6, 6.07) is 8.40. The number of likely N-dealkylation sites (tertiary alicyclic amines) is 1. The third-order valence-electron chi connectivity index (χ3n) is 3.63. The van der Waals surface area contributed by atoms with Gasteiger partial charge in [-0.3, -0.25) is 0 Å². The van der Waals surface area contributed by atoms with Crippen LogP contribution in [-0.4, -0.2) is 23.5 Å². The molecule has 1 aliphatic heterocycles. The van der Waals surface area contributed by atoms with Crippen LogP contribution in [0.5, 0.6) is 0 Å². The van der Waals surface area contributed by atoms with Crippen molar-refractivity contribution < 1.29 is 4.79 Å². The molecule has 98 valence electrons. The summed E-state index contributed by atoms with van der Waals surface area (Å²) in [7, 11) is 0. The number of anilines is 1. The van der Waals surface area contributed by atoms with Crippen LogP contribution in [0.2, 0.25) is 0 Å². The Morgan fingerprint density at radius 1 is 1.44 bits per heavy atom. The average molecular weight is 246 g/mol. The van der Waals surface area contributed by atoms with Crippen molar-refractivity contribution in [1.82, 2.24) is 4.90 Å². The zero-order valence-electron chi connectivity index (χ0n) is 11.3. The van der Waals surface area contributed by atoms with Crippen molar-refractivity contribution in [3.05, 3.63) is 29.8 Å². The lowest BCUT2D eigenvalue weighted by atomic mass is 10.0. The molecular weight excluding hydrogens is 224 g/mol. The van der Waals surface area contributed by atoms with E-state index in [1.807, 2.05) is 36.1 Å². The van der Waals surface area contributed by atoms with Crippen LogP contribution in [0.4, 0.5) is 10.5 Å². The lowest BCUT2D eigenvalue weighted by Gasteiger charge is -2.35. The number of hydrogen-bond donors (Lipinski definition) is 1. The highest BCUT2D eigenvalue weighted by atomic mass is 16.2. The second-order valence-corrected chi connectivity index (χ2v) is 5.05. The number of amides is 2. The van der Waals surface area contributed by atoms with Crippen molar-refractivity contribution in [2.24, 2.45) is 0 Å². The summed E-state index contributed by atoms with van der Waals surface area (Å²) in [5.74, 6) is 0. The van der Waals surface area contributed by atoms with Crippen molar-refractivity contribution in [2.45, 2.75) is 45.6 Å². The largest absolute Gasteiger partial charge is 0.322 e. The van der Waals surface area contributed by atoms with Crippen LogP contribution in [0.25, 0.3) is 0 Å². The second-order valence-electron chi connectivity index (χ2n) is 5.05. The summed E-state index contributed by atoms with van der Waals surface area (Å²) < 4.78 is 0. The van der Waals surface area contributed by atoms with E-state index in [0.717, 1.165) is 31.5 Å². The molecule has 1 aromatic carbocycles. The van der Waals surface area contributed by atoms with E-state index in [9.17, 15) is 4.79 Å². The van der Waals surface area contributed by atoms with Gasteiger partial charge in [0.1, 0.15) is 0 Å². The highest BCUT2D eigenvalue weighted by molar-refractivity contribution is 5.89. The molecule has 1 aromatic rings. The molecule has 0 saturated carbocycles. The maximum absolute atomic E-state index is 12.3. The molecule has 1 aliphatic rings. The molecule has 0 radical (unpaired) electrons. The quantitative estimate of drug-likeness (QED) is 0.846. The third kappa shape index (κ3) is 3.03. The lowest BCUT2D eigenvalue weighted by molar-refractivity contribution is 0.160. The molecule has 0 aromatic heterocycles. The lowest BCUT2D eigenvalue weighted by Crippen LogP contribution is -2.45. The van der Waals surface area contributed by atoms with Crippen LogP contribution >= 0.6 is 0 Å². The Bertz CT molecular complexity index is 417. The van der Waals surface area contributed by atoms with Gasteiger partial charge in [-0.25, -0.2) is 4.79 Å². The Balaban J connectivity index is 2.02. The summed E-state index contributed by atoms with van der Waals surface area (Å²) in [6.07, 6.45) is 4.55. The van der Waals surface area contributed by atoms with Crippen LogP contribution in [0.1, 0.15) is 38.2 Å². The molecule has 0 spiro atoms. The average Bonchev–Trinajstić information content (AvgIpc) is 2.38. The van der Waals surface area contributed by atoms with Crippen LogP contribution < -0.4 is 5.32 Å². The molecule has 1 heterocycles. The molecule has 2 rings (SSSR count). The smallest absolute Gasteiger partial charge is 0.322 e. The number of aryl methyl sites for hydroxylation is 1.